The summed E-state index contributed by atoms with van der Waals surface area (Å²) in [7, 11) is 5.04. The number of hydrogen-bond donors (Lipinski definition) is 1. The van der Waals surface area contributed by atoms with Gasteiger partial charge < -0.3 is 33.4 Å². The van der Waals surface area contributed by atoms with E-state index in [0.717, 1.165) is 17.8 Å². The molecule has 2 rings (SSSR count). The van der Waals surface area contributed by atoms with Crippen molar-refractivity contribution < 1.29 is 28.1 Å². The molecular weight excluding hydrogens is 464 g/mol. The van der Waals surface area contributed by atoms with Crippen LogP contribution in [0, 0.1) is 12.3 Å². The predicted molar refractivity (Wildman–Crippen MR) is 143 cm³/mol. The molecule has 1 aromatic carbocycles. The van der Waals surface area contributed by atoms with Crippen LogP contribution in [0.5, 0.6) is 34.6 Å². The monoisotopic (exact) mass is 506 g/mol. The number of rotatable bonds is 12. The minimum atomic E-state index is -1.26. The van der Waals surface area contributed by atoms with Gasteiger partial charge in [-0.15, -0.1) is 0 Å². The number of pyridine rings is 1. The van der Waals surface area contributed by atoms with E-state index in [1.807, 2.05) is 13.0 Å². The van der Waals surface area contributed by atoms with Gasteiger partial charge in [-0.25, -0.2) is 4.98 Å². The first-order valence-corrected chi connectivity index (χ1v) is 14.7. The van der Waals surface area contributed by atoms with E-state index >= 15 is 0 Å². The van der Waals surface area contributed by atoms with Gasteiger partial charge in [0.15, 0.2) is 20.5 Å². The van der Waals surface area contributed by atoms with Crippen LogP contribution in [0.1, 0.15) is 39.8 Å². The number of benzene rings is 1. The van der Waals surface area contributed by atoms with E-state index in [1.54, 1.807) is 40.6 Å². The molecule has 35 heavy (non-hydrogen) atoms. The van der Waals surface area contributed by atoms with Crippen LogP contribution in [0.15, 0.2) is 18.2 Å². The molecule has 0 saturated carbocycles. The Balaban J connectivity index is 2.54. The number of methoxy groups -OCH3 is 4. The fraction of sp³-hybridized carbons (Fsp3) is 0.577. The molecule has 1 N–H and O–H groups in total. The Morgan fingerprint density at radius 1 is 0.914 bits per heavy atom. The normalized spacial score (nSPS) is 13.3. The van der Waals surface area contributed by atoms with Gasteiger partial charge in [0.2, 0.25) is 11.5 Å². The van der Waals surface area contributed by atoms with E-state index in [2.05, 4.69) is 51.1 Å². The van der Waals surface area contributed by atoms with Crippen LogP contribution in [0.4, 0.5) is 5.69 Å². The van der Waals surface area contributed by atoms with Gasteiger partial charge in [0, 0.05) is 17.8 Å². The van der Waals surface area contributed by atoms with Crippen molar-refractivity contribution in [2.75, 3.05) is 33.8 Å². The fourth-order valence-corrected chi connectivity index (χ4v) is 5.15. The molecule has 0 bridgehead atoms. The highest BCUT2D eigenvalue weighted by atomic mass is 28.3. The second kappa shape index (κ2) is 12.4. The van der Waals surface area contributed by atoms with E-state index in [4.69, 9.17) is 28.1 Å². The molecule has 8 nitrogen and oxygen atoms in total. The van der Waals surface area contributed by atoms with Gasteiger partial charge in [-0.05, 0) is 37.9 Å². The summed E-state index contributed by atoms with van der Waals surface area (Å²) in [6.45, 7) is 15.1. The van der Waals surface area contributed by atoms with E-state index in [-0.39, 0.29) is 17.6 Å². The molecule has 0 aliphatic rings. The Hall–Kier alpha value is -2.65. The molecule has 2 atom stereocenters. The summed E-state index contributed by atoms with van der Waals surface area (Å²) in [5.74, 6) is 2.67. The van der Waals surface area contributed by atoms with Crippen molar-refractivity contribution in [1.82, 2.24) is 4.98 Å². The summed E-state index contributed by atoms with van der Waals surface area (Å²) < 4.78 is 35.0. The van der Waals surface area contributed by atoms with Crippen molar-refractivity contribution in [3.8, 4) is 34.6 Å². The van der Waals surface area contributed by atoms with Crippen LogP contribution in [-0.2, 0) is 4.43 Å². The topological polar surface area (TPSA) is 80.3 Å². The van der Waals surface area contributed by atoms with Crippen LogP contribution in [-0.4, -0.2) is 54.6 Å². The highest BCUT2D eigenvalue weighted by Crippen LogP contribution is 2.46. The first-order chi connectivity index (χ1) is 16.5. The maximum atomic E-state index is 6.50. The summed E-state index contributed by atoms with van der Waals surface area (Å²) in [6, 6.07) is 5.49. The minimum Gasteiger partial charge on any atom is -0.496 e. The summed E-state index contributed by atoms with van der Waals surface area (Å²) in [4.78, 5) is 4.61. The number of nitrogens with zero attached hydrogens (tertiary/aromatic N) is 1. The Morgan fingerprint density at radius 3 is 1.94 bits per heavy atom. The zero-order valence-corrected chi connectivity index (χ0v) is 24.2. The van der Waals surface area contributed by atoms with Gasteiger partial charge in [-0.2, -0.15) is 0 Å². The van der Waals surface area contributed by atoms with Gasteiger partial charge in [-0.1, -0.05) is 27.7 Å². The molecule has 0 radical (unpaired) electrons. The van der Waals surface area contributed by atoms with Crippen LogP contribution in [0.3, 0.4) is 0 Å². The van der Waals surface area contributed by atoms with Gasteiger partial charge in [0.05, 0.1) is 46.3 Å². The third-order valence-electron chi connectivity index (χ3n) is 5.56. The van der Waals surface area contributed by atoms with E-state index in [9.17, 15) is 0 Å². The number of aromatic nitrogens is 1. The number of hydrogen-bond acceptors (Lipinski definition) is 8. The molecule has 0 spiro atoms. The second-order valence-electron chi connectivity index (χ2n) is 9.74. The molecule has 2 unspecified atom stereocenters. The molecule has 1 aromatic heterocycles. The Morgan fingerprint density at radius 2 is 1.51 bits per heavy atom. The van der Waals surface area contributed by atoms with Crippen LogP contribution < -0.4 is 29.0 Å². The van der Waals surface area contributed by atoms with Crippen LogP contribution in [0.25, 0.3) is 0 Å². The van der Waals surface area contributed by atoms with Crippen molar-refractivity contribution >= 4 is 14.7 Å². The van der Waals surface area contributed by atoms with E-state index < -0.39 is 9.04 Å². The second-order valence-corrected chi connectivity index (χ2v) is 12.1. The molecule has 0 fully saturated rings. The maximum Gasteiger partial charge on any atom is 0.265 e. The number of nitrogens with one attached hydrogen (secondary N) is 1. The summed E-state index contributed by atoms with van der Waals surface area (Å²) in [5.41, 5.74) is 1.52. The summed E-state index contributed by atoms with van der Waals surface area (Å²) in [5, 5.41) is 3.67. The average molecular weight is 507 g/mol. The van der Waals surface area contributed by atoms with Crippen molar-refractivity contribution in [2.24, 2.45) is 5.41 Å². The van der Waals surface area contributed by atoms with Gasteiger partial charge in [0.1, 0.15) is 5.75 Å². The minimum absolute atomic E-state index is 0.0310. The van der Waals surface area contributed by atoms with Crippen molar-refractivity contribution in [3.05, 3.63) is 23.9 Å². The van der Waals surface area contributed by atoms with Crippen molar-refractivity contribution in [2.45, 2.75) is 66.3 Å². The smallest absolute Gasteiger partial charge is 0.265 e. The highest BCUT2D eigenvalue weighted by Gasteiger charge is 2.34. The zero-order valence-electron chi connectivity index (χ0n) is 23.1. The van der Waals surface area contributed by atoms with Gasteiger partial charge in [0.25, 0.3) is 5.88 Å². The molecule has 9 heteroatoms. The first kappa shape index (κ1) is 28.6. The van der Waals surface area contributed by atoms with Gasteiger partial charge in [-0.3, -0.25) is 0 Å². The van der Waals surface area contributed by atoms with Crippen molar-refractivity contribution in [1.29, 1.82) is 0 Å². The Kier molecular flexibility index (Phi) is 10.1. The quantitative estimate of drug-likeness (QED) is 0.361. The summed E-state index contributed by atoms with van der Waals surface area (Å²) >= 11 is 0. The number of aryl methyl sites for hydroxylation is 1. The fourth-order valence-electron chi connectivity index (χ4n) is 3.96. The lowest BCUT2D eigenvalue weighted by atomic mass is 9.83. The molecule has 1 heterocycles. The average Bonchev–Trinajstić information content (AvgIpc) is 2.80. The molecular formula is C26H42N2O6Si. The lowest BCUT2D eigenvalue weighted by Crippen LogP contribution is -2.46. The van der Waals surface area contributed by atoms with Crippen LogP contribution in [0.2, 0.25) is 13.1 Å². The molecule has 0 aliphatic carbocycles. The number of anilines is 1. The largest absolute Gasteiger partial charge is 0.496 e. The molecule has 2 aromatic rings. The van der Waals surface area contributed by atoms with E-state index in [1.165, 1.54) is 0 Å². The third-order valence-corrected chi connectivity index (χ3v) is 6.40. The molecule has 0 amide bonds. The number of ether oxygens (including phenoxy) is 5. The lowest BCUT2D eigenvalue weighted by molar-refractivity contribution is 0.0675. The maximum absolute atomic E-state index is 6.50. The SMILES string of the molecule is CCC(Nc1cc(C)nc(Oc2c(OC)cc(OC)cc2OC)c1OC)C(O[SiH](C)C)C(C)(C)C. The molecule has 0 saturated heterocycles. The third kappa shape index (κ3) is 7.17. The van der Waals surface area contributed by atoms with Gasteiger partial charge >= 0.3 is 0 Å². The van der Waals surface area contributed by atoms with Crippen LogP contribution >= 0.6 is 0 Å². The zero-order chi connectivity index (χ0) is 26.3. The molecule has 0 aliphatic heterocycles. The standard InChI is InChI=1S/C26H42N2O6Si/c1-12-18(24(26(3,4)5)34-35(10)11)28-19-13-16(2)27-25(22(19)32-9)33-23-20(30-7)14-17(29-6)15-21(23)31-8/h13-15,18,24,35H,12H2,1-11H3,(H,27,28). The Bertz CT molecular complexity index is 952. The summed E-state index contributed by atoms with van der Waals surface area (Å²) in [6.07, 6.45) is 0.910. The Labute approximate surface area is 212 Å². The molecule has 196 valence electrons. The van der Waals surface area contributed by atoms with E-state index in [0.29, 0.717) is 34.6 Å². The highest BCUT2D eigenvalue weighted by molar-refractivity contribution is 6.48. The van der Waals surface area contributed by atoms with Crippen molar-refractivity contribution in [3.63, 3.8) is 0 Å². The first-order valence-electron chi connectivity index (χ1n) is 11.9. The lowest BCUT2D eigenvalue weighted by Gasteiger charge is -2.39. The predicted octanol–water partition coefficient (Wildman–Crippen LogP) is 5.82.